The van der Waals surface area contributed by atoms with Crippen molar-refractivity contribution >= 4 is 46.6 Å². The van der Waals surface area contributed by atoms with Gasteiger partial charge >= 0.3 is 0 Å². The number of hydrogen-bond acceptors (Lipinski definition) is 4. The fourth-order valence-corrected chi connectivity index (χ4v) is 4.55. The molecule has 3 N–H and O–H groups in total. The Morgan fingerprint density at radius 2 is 1.68 bits per heavy atom. The first-order chi connectivity index (χ1) is 16.1. The lowest BCUT2D eigenvalue weighted by Crippen LogP contribution is -2.55. The minimum absolute atomic E-state index is 0.185. The number of likely N-dealkylation sites (N-methyl/N-ethyl adjacent to an activating group) is 1. The highest BCUT2D eigenvalue weighted by molar-refractivity contribution is 6.39. The average molecular weight is 505 g/mol. The first-order valence-electron chi connectivity index (χ1n) is 11.3. The highest BCUT2D eigenvalue weighted by Gasteiger charge is 2.42. The quantitative estimate of drug-likeness (QED) is 0.503. The van der Waals surface area contributed by atoms with Crippen LogP contribution in [-0.2, 0) is 20.9 Å². The van der Waals surface area contributed by atoms with E-state index in [0.29, 0.717) is 22.3 Å². The molecule has 1 aliphatic rings. The maximum Gasteiger partial charge on any atom is 0.251 e. The number of benzene rings is 2. The Balaban J connectivity index is 1.91. The van der Waals surface area contributed by atoms with Crippen LogP contribution in [-0.4, -0.2) is 41.2 Å². The smallest absolute Gasteiger partial charge is 0.251 e. The standard InChI is InChI=1S/C25H30Cl2N4O3/c1-5-28-15(4)23(32)29-20(14(2)3)25(34)31-13-16-9-6-7-10-17(16)22(31)24(33)30-21-18(26)11-8-12-19(21)27/h6-12,14-15,20,22,28H,5,13H2,1-4H3,(H,29,32)(H,30,33)/t15-,20-,22-/m0/s1. The van der Waals surface area contributed by atoms with Gasteiger partial charge in [-0.2, -0.15) is 0 Å². The second-order valence-electron chi connectivity index (χ2n) is 8.66. The van der Waals surface area contributed by atoms with Gasteiger partial charge in [0.05, 0.1) is 21.8 Å². The molecule has 0 unspecified atom stereocenters. The SMILES string of the molecule is CCN[C@@H](C)C(=O)N[C@H](C(=O)N1Cc2ccccc2[C@H]1C(=O)Nc1c(Cl)cccc1Cl)C(C)C. The van der Waals surface area contributed by atoms with Gasteiger partial charge in [0.25, 0.3) is 5.91 Å². The summed E-state index contributed by atoms with van der Waals surface area (Å²) in [6.45, 7) is 8.26. The van der Waals surface area contributed by atoms with Crippen molar-refractivity contribution in [3.63, 3.8) is 0 Å². The summed E-state index contributed by atoms with van der Waals surface area (Å²) >= 11 is 12.5. The topological polar surface area (TPSA) is 90.5 Å². The van der Waals surface area contributed by atoms with Gasteiger partial charge in [-0.15, -0.1) is 0 Å². The minimum Gasteiger partial charge on any atom is -0.343 e. The molecule has 2 aromatic carbocycles. The number of fused-ring (bicyclic) bond motifs is 1. The number of hydrogen-bond donors (Lipinski definition) is 3. The van der Waals surface area contributed by atoms with Crippen molar-refractivity contribution in [1.82, 2.24) is 15.5 Å². The van der Waals surface area contributed by atoms with Crippen molar-refractivity contribution in [3.05, 3.63) is 63.6 Å². The maximum absolute atomic E-state index is 13.7. The molecule has 34 heavy (non-hydrogen) atoms. The zero-order chi connectivity index (χ0) is 25.0. The molecule has 182 valence electrons. The number of amides is 3. The van der Waals surface area contributed by atoms with Crippen LogP contribution in [0.25, 0.3) is 0 Å². The number of nitrogens with zero attached hydrogens (tertiary/aromatic N) is 1. The molecule has 0 saturated carbocycles. The minimum atomic E-state index is -0.889. The van der Waals surface area contributed by atoms with Crippen LogP contribution in [0, 0.1) is 5.92 Å². The zero-order valence-electron chi connectivity index (χ0n) is 19.7. The van der Waals surface area contributed by atoms with Gasteiger partial charge in [-0.05, 0) is 42.6 Å². The molecular weight excluding hydrogens is 475 g/mol. The molecule has 0 spiro atoms. The van der Waals surface area contributed by atoms with Crippen molar-refractivity contribution in [3.8, 4) is 0 Å². The normalized spacial score (nSPS) is 16.7. The fraction of sp³-hybridized carbons (Fsp3) is 0.400. The Hall–Kier alpha value is -2.61. The summed E-state index contributed by atoms with van der Waals surface area (Å²) in [4.78, 5) is 41.4. The van der Waals surface area contributed by atoms with Crippen molar-refractivity contribution in [2.24, 2.45) is 5.92 Å². The van der Waals surface area contributed by atoms with E-state index in [2.05, 4.69) is 16.0 Å². The van der Waals surface area contributed by atoms with Crippen LogP contribution in [0.1, 0.15) is 44.9 Å². The predicted octanol–water partition coefficient (Wildman–Crippen LogP) is 4.15. The third-order valence-corrected chi connectivity index (χ3v) is 6.51. The lowest BCUT2D eigenvalue weighted by molar-refractivity contribution is -0.143. The van der Waals surface area contributed by atoms with Crippen LogP contribution in [0.2, 0.25) is 10.0 Å². The Kier molecular flexibility index (Phi) is 8.57. The molecule has 9 heteroatoms. The summed E-state index contributed by atoms with van der Waals surface area (Å²) in [5.41, 5.74) is 1.89. The molecule has 1 heterocycles. The Morgan fingerprint density at radius 1 is 1.03 bits per heavy atom. The molecule has 2 aromatic rings. The van der Waals surface area contributed by atoms with E-state index in [4.69, 9.17) is 23.2 Å². The molecule has 3 amide bonds. The van der Waals surface area contributed by atoms with Crippen molar-refractivity contribution in [1.29, 1.82) is 0 Å². The molecule has 3 atom stereocenters. The average Bonchev–Trinajstić information content (AvgIpc) is 3.19. The molecule has 0 aliphatic carbocycles. The first kappa shape index (κ1) is 26.0. The van der Waals surface area contributed by atoms with Crippen molar-refractivity contribution < 1.29 is 14.4 Å². The highest BCUT2D eigenvalue weighted by atomic mass is 35.5. The van der Waals surface area contributed by atoms with Crippen LogP contribution in [0.3, 0.4) is 0 Å². The van der Waals surface area contributed by atoms with Crippen LogP contribution in [0.5, 0.6) is 0 Å². The summed E-state index contributed by atoms with van der Waals surface area (Å²) in [6.07, 6.45) is 0. The predicted molar refractivity (Wildman–Crippen MR) is 135 cm³/mol. The van der Waals surface area contributed by atoms with Crippen LogP contribution >= 0.6 is 23.2 Å². The maximum atomic E-state index is 13.7. The van der Waals surface area contributed by atoms with Gasteiger partial charge in [-0.1, -0.05) is 74.3 Å². The van der Waals surface area contributed by atoms with E-state index in [1.54, 1.807) is 25.1 Å². The molecule has 0 bridgehead atoms. The van der Waals surface area contributed by atoms with Crippen molar-refractivity contribution in [2.45, 2.75) is 52.4 Å². The van der Waals surface area contributed by atoms with E-state index in [9.17, 15) is 14.4 Å². The molecule has 0 saturated heterocycles. The molecule has 7 nitrogen and oxygen atoms in total. The van der Waals surface area contributed by atoms with Crippen molar-refractivity contribution in [2.75, 3.05) is 11.9 Å². The summed E-state index contributed by atoms with van der Waals surface area (Å²) in [5, 5.41) is 9.31. The fourth-order valence-electron chi connectivity index (χ4n) is 4.05. The monoisotopic (exact) mass is 504 g/mol. The van der Waals surface area contributed by atoms with Gasteiger partial charge in [-0.25, -0.2) is 0 Å². The van der Waals surface area contributed by atoms with Gasteiger partial charge in [0.15, 0.2) is 0 Å². The summed E-state index contributed by atoms with van der Waals surface area (Å²) in [6, 6.07) is 10.2. The molecule has 0 fully saturated rings. The molecule has 0 radical (unpaired) electrons. The third kappa shape index (κ3) is 5.54. The third-order valence-electron chi connectivity index (χ3n) is 5.88. The number of anilines is 1. The number of nitrogens with one attached hydrogen (secondary N) is 3. The molecule has 1 aliphatic heterocycles. The number of halogens is 2. The summed E-state index contributed by atoms with van der Waals surface area (Å²) in [5.74, 6) is -1.21. The van der Waals surface area contributed by atoms with E-state index in [0.717, 1.165) is 11.1 Å². The van der Waals surface area contributed by atoms with E-state index in [1.807, 2.05) is 45.0 Å². The van der Waals surface area contributed by atoms with Gasteiger partial charge in [0.1, 0.15) is 12.1 Å². The van der Waals surface area contributed by atoms with Crippen LogP contribution in [0.4, 0.5) is 5.69 Å². The Morgan fingerprint density at radius 3 is 2.29 bits per heavy atom. The van der Waals surface area contributed by atoms with Crippen LogP contribution in [0.15, 0.2) is 42.5 Å². The van der Waals surface area contributed by atoms with Crippen LogP contribution < -0.4 is 16.0 Å². The number of carbonyl (C=O) groups excluding carboxylic acids is 3. The number of rotatable bonds is 8. The van der Waals surface area contributed by atoms with E-state index in [1.165, 1.54) is 4.90 Å². The number of carbonyl (C=O) groups is 3. The van der Waals surface area contributed by atoms with E-state index >= 15 is 0 Å². The lowest BCUT2D eigenvalue weighted by Gasteiger charge is -2.31. The van der Waals surface area contributed by atoms with E-state index < -0.39 is 24.0 Å². The zero-order valence-corrected chi connectivity index (χ0v) is 21.2. The Bertz CT molecular complexity index is 1060. The second kappa shape index (κ2) is 11.2. The molecule has 0 aromatic heterocycles. The van der Waals surface area contributed by atoms with Gasteiger partial charge in [0.2, 0.25) is 11.8 Å². The van der Waals surface area contributed by atoms with Gasteiger partial charge in [0, 0.05) is 6.54 Å². The summed E-state index contributed by atoms with van der Waals surface area (Å²) < 4.78 is 0. The van der Waals surface area contributed by atoms with Gasteiger partial charge in [-0.3, -0.25) is 14.4 Å². The Labute approximate surface area is 210 Å². The highest BCUT2D eigenvalue weighted by Crippen LogP contribution is 2.37. The summed E-state index contributed by atoms with van der Waals surface area (Å²) in [7, 11) is 0. The van der Waals surface area contributed by atoms with Gasteiger partial charge < -0.3 is 20.9 Å². The molecule has 3 rings (SSSR count). The second-order valence-corrected chi connectivity index (χ2v) is 9.48. The van der Waals surface area contributed by atoms with E-state index in [-0.39, 0.29) is 24.3 Å². The molecular formula is C25H30Cl2N4O3. The first-order valence-corrected chi connectivity index (χ1v) is 12.1. The largest absolute Gasteiger partial charge is 0.343 e. The lowest BCUT2D eigenvalue weighted by atomic mass is 10.0. The number of para-hydroxylation sites is 1.